The average molecular weight is 575 g/mol. The fourth-order valence-corrected chi connectivity index (χ4v) is 5.01. The number of benzene rings is 3. The van der Waals surface area contributed by atoms with Gasteiger partial charge in [-0.2, -0.15) is 4.68 Å². The van der Waals surface area contributed by atoms with Crippen LogP contribution in [0.5, 0.6) is 0 Å². The summed E-state index contributed by atoms with van der Waals surface area (Å²) < 4.78 is 1.50. The van der Waals surface area contributed by atoms with Gasteiger partial charge in [0.25, 0.3) is 0 Å². The lowest BCUT2D eigenvalue weighted by molar-refractivity contribution is -0.279. The third-order valence-corrected chi connectivity index (χ3v) is 7.16. The quantitative estimate of drug-likeness (QED) is 0.337. The number of hydrogen-bond donors (Lipinski definition) is 1. The van der Waals surface area contributed by atoms with Crippen LogP contribution in [0.3, 0.4) is 0 Å². The molecule has 1 N–H and O–H groups in total. The second-order valence-electron chi connectivity index (χ2n) is 9.59. The van der Waals surface area contributed by atoms with Gasteiger partial charge in [0.15, 0.2) is 13.5 Å². The molecule has 2 amide bonds. The van der Waals surface area contributed by atoms with Crippen molar-refractivity contribution in [3.8, 4) is 5.69 Å². The number of carbonyl (C=O) groups excluding carboxylic acids is 2. The van der Waals surface area contributed by atoms with E-state index < -0.39 is 6.04 Å². The number of tetrazole rings is 1. The first-order valence-corrected chi connectivity index (χ1v) is 13.5. The van der Waals surface area contributed by atoms with E-state index in [1.54, 1.807) is 35.2 Å². The predicted molar refractivity (Wildman–Crippen MR) is 151 cm³/mol. The van der Waals surface area contributed by atoms with E-state index in [1.165, 1.54) is 21.1 Å². The maximum atomic E-state index is 13.6. The Morgan fingerprint density at radius 3 is 2.51 bits per heavy atom. The van der Waals surface area contributed by atoms with Crippen LogP contribution < -0.4 is 15.3 Å². The molecule has 2 saturated heterocycles. The number of rotatable bonds is 8. The van der Waals surface area contributed by atoms with E-state index >= 15 is 0 Å². The Labute approximate surface area is 240 Å². The Kier molecular flexibility index (Phi) is 7.87. The minimum Gasteiger partial charge on any atom is -0.325 e. The van der Waals surface area contributed by atoms with E-state index in [1.807, 2.05) is 42.5 Å². The number of nitrogens with zero attached hydrogens (tertiary/aromatic N) is 7. The van der Waals surface area contributed by atoms with E-state index in [4.69, 9.17) is 21.3 Å². The summed E-state index contributed by atoms with van der Waals surface area (Å²) >= 11 is 6.27. The molecule has 3 heterocycles. The summed E-state index contributed by atoms with van der Waals surface area (Å²) in [4.78, 5) is 39.6. The summed E-state index contributed by atoms with van der Waals surface area (Å²) in [5, 5.41) is 17.9. The van der Waals surface area contributed by atoms with Gasteiger partial charge in [0.05, 0.1) is 11.4 Å². The first kappa shape index (κ1) is 26.8. The van der Waals surface area contributed by atoms with Gasteiger partial charge in [0.2, 0.25) is 11.8 Å². The van der Waals surface area contributed by atoms with E-state index in [0.717, 1.165) is 17.7 Å². The highest BCUT2D eigenvalue weighted by molar-refractivity contribution is 6.31. The fourth-order valence-electron chi connectivity index (χ4n) is 4.84. The van der Waals surface area contributed by atoms with Gasteiger partial charge >= 0.3 is 0 Å². The predicted octanol–water partition coefficient (Wildman–Crippen LogP) is 3.59. The maximum absolute atomic E-state index is 13.6. The molecule has 2 aliphatic heterocycles. The van der Waals surface area contributed by atoms with Crippen molar-refractivity contribution >= 4 is 40.5 Å². The lowest BCUT2D eigenvalue weighted by Gasteiger charge is -2.38. The summed E-state index contributed by atoms with van der Waals surface area (Å²) in [6, 6.07) is 21.5. The minimum absolute atomic E-state index is 0.00734. The highest BCUT2D eigenvalue weighted by Gasteiger charge is 2.33. The van der Waals surface area contributed by atoms with Crippen LogP contribution in [0.2, 0.25) is 5.02 Å². The number of halogens is 1. The van der Waals surface area contributed by atoms with Gasteiger partial charge in [-0.1, -0.05) is 41.9 Å². The van der Waals surface area contributed by atoms with Crippen LogP contribution in [0.25, 0.3) is 5.69 Å². The van der Waals surface area contributed by atoms with Crippen molar-refractivity contribution in [3.05, 3.63) is 89.7 Å². The molecule has 1 atom stereocenters. The van der Waals surface area contributed by atoms with E-state index in [2.05, 4.69) is 20.8 Å². The number of amides is 2. The van der Waals surface area contributed by atoms with E-state index in [-0.39, 0.29) is 25.3 Å². The maximum Gasteiger partial charge on any atom is 0.244 e. The Bertz CT molecular complexity index is 1500. The molecule has 1 aromatic heterocycles. The molecule has 0 aliphatic carbocycles. The fraction of sp³-hybridized carbons (Fsp3) is 0.250. The Morgan fingerprint density at radius 1 is 1.00 bits per heavy atom. The molecule has 0 spiro atoms. The smallest absolute Gasteiger partial charge is 0.244 e. The van der Waals surface area contributed by atoms with Gasteiger partial charge in [0.1, 0.15) is 12.4 Å². The first-order chi connectivity index (χ1) is 20.0. The van der Waals surface area contributed by atoms with Crippen LogP contribution in [0, 0.1) is 0 Å². The monoisotopic (exact) mass is 574 g/mol. The summed E-state index contributed by atoms with van der Waals surface area (Å²) in [6.45, 7) is 0.675. The van der Waals surface area contributed by atoms with Gasteiger partial charge in [-0.3, -0.25) is 19.3 Å². The van der Waals surface area contributed by atoms with Crippen molar-refractivity contribution in [3.63, 3.8) is 0 Å². The molecule has 0 bridgehead atoms. The van der Waals surface area contributed by atoms with Gasteiger partial charge < -0.3 is 10.2 Å². The largest absolute Gasteiger partial charge is 0.325 e. The zero-order valence-electron chi connectivity index (χ0n) is 22.0. The van der Waals surface area contributed by atoms with Crippen LogP contribution in [-0.2, 0) is 25.7 Å². The number of aromatic nitrogens is 4. The number of nitrogens with one attached hydrogen (secondary N) is 1. The van der Waals surface area contributed by atoms with E-state index in [0.29, 0.717) is 41.5 Å². The van der Waals surface area contributed by atoms with E-state index in [9.17, 15) is 9.59 Å². The van der Waals surface area contributed by atoms with Crippen molar-refractivity contribution in [2.45, 2.75) is 25.3 Å². The molecular formula is C28H27ClN8O4. The molecular weight excluding hydrogens is 548 g/mol. The van der Waals surface area contributed by atoms with Crippen molar-refractivity contribution in [1.29, 1.82) is 0 Å². The second-order valence-corrected chi connectivity index (χ2v) is 10.0. The Balaban J connectivity index is 1.17. The van der Waals surface area contributed by atoms with Crippen LogP contribution in [-0.4, -0.2) is 63.1 Å². The number of anilines is 3. The van der Waals surface area contributed by atoms with Crippen LogP contribution in [0.4, 0.5) is 17.1 Å². The third kappa shape index (κ3) is 6.05. The SMILES string of the molecule is O=C(Nc1ccc(N2CCCC2=O)cc1)C(Cc1ccccc1)N1CON(c2cc(Cl)ccc2-n2cnnn2)CO1. The zero-order chi connectivity index (χ0) is 28.2. The summed E-state index contributed by atoms with van der Waals surface area (Å²) in [6.07, 6.45) is 3.28. The molecule has 3 aromatic carbocycles. The average Bonchev–Trinajstić information content (AvgIpc) is 3.69. The number of hydrogen-bond acceptors (Lipinski definition) is 9. The molecule has 2 fully saturated rings. The summed E-state index contributed by atoms with van der Waals surface area (Å²) in [5.74, 6) is -0.142. The third-order valence-electron chi connectivity index (χ3n) is 6.93. The van der Waals surface area contributed by atoms with Crippen molar-refractivity contribution in [1.82, 2.24) is 25.3 Å². The number of carbonyl (C=O) groups is 2. The number of hydroxylamine groups is 3. The molecule has 210 valence electrons. The molecule has 0 saturated carbocycles. The highest BCUT2D eigenvalue weighted by Crippen LogP contribution is 2.30. The molecule has 12 nitrogen and oxygen atoms in total. The van der Waals surface area contributed by atoms with Crippen molar-refractivity contribution < 1.29 is 19.3 Å². The lowest BCUT2D eigenvalue weighted by Crippen LogP contribution is -2.52. The van der Waals surface area contributed by atoms with Crippen LogP contribution >= 0.6 is 11.6 Å². The second kappa shape index (κ2) is 12.0. The molecule has 4 aromatic rings. The Hall–Kier alpha value is -4.36. The Morgan fingerprint density at radius 2 is 1.83 bits per heavy atom. The minimum atomic E-state index is -0.697. The topological polar surface area (TPSA) is 118 Å². The van der Waals surface area contributed by atoms with Gasteiger partial charge in [0, 0.05) is 29.4 Å². The van der Waals surface area contributed by atoms with Crippen LogP contribution in [0.15, 0.2) is 79.1 Å². The van der Waals surface area contributed by atoms with Crippen LogP contribution in [0.1, 0.15) is 18.4 Å². The molecule has 0 radical (unpaired) electrons. The van der Waals surface area contributed by atoms with Gasteiger partial charge in [-0.05, 0) is 71.3 Å². The normalized spacial score (nSPS) is 16.7. The van der Waals surface area contributed by atoms with Crippen molar-refractivity contribution in [2.24, 2.45) is 0 Å². The lowest BCUT2D eigenvalue weighted by atomic mass is 10.0. The molecule has 41 heavy (non-hydrogen) atoms. The highest BCUT2D eigenvalue weighted by atomic mass is 35.5. The summed E-state index contributed by atoms with van der Waals surface area (Å²) in [5.41, 5.74) is 3.66. The zero-order valence-corrected chi connectivity index (χ0v) is 22.7. The molecule has 2 aliphatic rings. The standard InChI is InChI=1S/C28H27ClN8O4/c29-21-8-13-24(35-17-30-32-33-35)25(16-21)36-18-41-37(19-40-36)26(15-20-5-2-1-3-6-20)28(39)31-22-9-11-23(12-10-22)34-14-4-7-27(34)38/h1-3,5-6,8-13,16-17,26H,4,7,14-15,18-19H2,(H,31,39). The first-order valence-electron chi connectivity index (χ1n) is 13.1. The molecule has 6 rings (SSSR count). The molecule has 1 unspecified atom stereocenters. The van der Waals surface area contributed by atoms with Crippen molar-refractivity contribution in [2.75, 3.05) is 35.3 Å². The van der Waals surface area contributed by atoms with Gasteiger partial charge in [-0.15, -0.1) is 10.2 Å². The summed E-state index contributed by atoms with van der Waals surface area (Å²) in [7, 11) is 0. The molecule has 13 heteroatoms. The van der Waals surface area contributed by atoms with Gasteiger partial charge in [-0.25, -0.2) is 5.06 Å².